The van der Waals surface area contributed by atoms with Gasteiger partial charge >= 0.3 is 0 Å². The van der Waals surface area contributed by atoms with E-state index in [1.807, 2.05) is 48.5 Å². The van der Waals surface area contributed by atoms with Crippen LogP contribution in [0.3, 0.4) is 0 Å². The summed E-state index contributed by atoms with van der Waals surface area (Å²) in [6.45, 7) is 0.413. The van der Waals surface area contributed by atoms with Gasteiger partial charge in [0.05, 0.1) is 7.11 Å². The second kappa shape index (κ2) is 7.14. The summed E-state index contributed by atoms with van der Waals surface area (Å²) in [6.07, 6.45) is 3.92. The summed E-state index contributed by atoms with van der Waals surface area (Å²) in [6, 6.07) is 15.3. The first-order valence-electron chi connectivity index (χ1n) is 6.30. The Bertz CT molecular complexity index is 603. The molecule has 0 aliphatic carbocycles. The van der Waals surface area contributed by atoms with Crippen molar-refractivity contribution in [2.75, 3.05) is 7.11 Å². The van der Waals surface area contributed by atoms with Gasteiger partial charge in [0.2, 0.25) is 0 Å². The van der Waals surface area contributed by atoms with Crippen molar-refractivity contribution in [2.45, 2.75) is 6.61 Å². The number of rotatable bonds is 6. The summed E-state index contributed by atoms with van der Waals surface area (Å²) in [5.41, 5.74) is 1.85. The van der Waals surface area contributed by atoms with E-state index in [0.29, 0.717) is 6.61 Å². The molecule has 102 valence electrons. The number of carbonyl (C=O) groups is 1. The Labute approximate surface area is 118 Å². The number of carbonyl (C=O) groups excluding carboxylic acids is 1. The second-order valence-electron chi connectivity index (χ2n) is 4.13. The minimum absolute atomic E-state index is 0.413. The lowest BCUT2D eigenvalue weighted by atomic mass is 10.2. The fourth-order valence-electron chi connectivity index (χ4n) is 1.87. The average molecular weight is 268 g/mol. The van der Waals surface area contributed by atoms with Crippen LogP contribution in [0.2, 0.25) is 0 Å². The molecule has 2 aromatic rings. The zero-order valence-electron chi connectivity index (χ0n) is 11.3. The second-order valence-corrected chi connectivity index (χ2v) is 4.13. The maximum Gasteiger partial charge on any atom is 0.142 e. The molecule has 0 fully saturated rings. The molecule has 0 aliphatic rings. The topological polar surface area (TPSA) is 35.5 Å². The number of para-hydroxylation sites is 2. The summed E-state index contributed by atoms with van der Waals surface area (Å²) in [5, 5.41) is 0. The van der Waals surface area contributed by atoms with E-state index in [4.69, 9.17) is 9.47 Å². The molecule has 0 heterocycles. The van der Waals surface area contributed by atoms with Gasteiger partial charge in [-0.15, -0.1) is 0 Å². The Balaban J connectivity index is 2.14. The molecule has 0 saturated carbocycles. The molecular formula is C17H16O3. The molecule has 0 aliphatic heterocycles. The highest BCUT2D eigenvalue weighted by Gasteiger charge is 2.04. The first-order valence-corrected chi connectivity index (χ1v) is 6.30. The van der Waals surface area contributed by atoms with Gasteiger partial charge in [-0.1, -0.05) is 36.4 Å². The van der Waals surface area contributed by atoms with Crippen LogP contribution in [0.5, 0.6) is 11.5 Å². The largest absolute Gasteiger partial charge is 0.496 e. The van der Waals surface area contributed by atoms with Crippen LogP contribution in [0.25, 0.3) is 6.08 Å². The van der Waals surface area contributed by atoms with Crippen molar-refractivity contribution >= 4 is 12.4 Å². The quantitative estimate of drug-likeness (QED) is 0.594. The zero-order valence-corrected chi connectivity index (χ0v) is 11.3. The maximum atomic E-state index is 10.4. The summed E-state index contributed by atoms with van der Waals surface area (Å²) in [7, 11) is 1.64. The Morgan fingerprint density at radius 1 is 1.00 bits per heavy atom. The van der Waals surface area contributed by atoms with Crippen LogP contribution >= 0.6 is 0 Å². The van der Waals surface area contributed by atoms with Crippen LogP contribution in [0.4, 0.5) is 0 Å². The number of hydrogen-bond acceptors (Lipinski definition) is 3. The first kappa shape index (κ1) is 13.9. The highest BCUT2D eigenvalue weighted by atomic mass is 16.5. The molecule has 20 heavy (non-hydrogen) atoms. The summed E-state index contributed by atoms with van der Waals surface area (Å²) in [5.74, 6) is 1.53. The number of ether oxygens (including phenoxy) is 2. The van der Waals surface area contributed by atoms with Crippen molar-refractivity contribution in [3.63, 3.8) is 0 Å². The van der Waals surface area contributed by atoms with E-state index in [1.54, 1.807) is 13.2 Å². The van der Waals surface area contributed by atoms with E-state index < -0.39 is 0 Å². The van der Waals surface area contributed by atoms with Crippen molar-refractivity contribution in [2.24, 2.45) is 0 Å². The molecule has 2 rings (SSSR count). The third-order valence-corrected chi connectivity index (χ3v) is 2.85. The van der Waals surface area contributed by atoms with Gasteiger partial charge in [-0.05, 0) is 24.3 Å². The van der Waals surface area contributed by atoms with E-state index in [0.717, 1.165) is 28.9 Å². The third-order valence-electron chi connectivity index (χ3n) is 2.85. The van der Waals surface area contributed by atoms with Gasteiger partial charge < -0.3 is 9.47 Å². The maximum absolute atomic E-state index is 10.4. The Morgan fingerprint density at radius 2 is 1.70 bits per heavy atom. The monoisotopic (exact) mass is 268 g/mol. The van der Waals surface area contributed by atoms with Crippen LogP contribution in [-0.4, -0.2) is 13.4 Å². The molecule has 0 saturated heterocycles. The summed E-state index contributed by atoms with van der Waals surface area (Å²) < 4.78 is 11.1. The lowest BCUT2D eigenvalue weighted by molar-refractivity contribution is -0.104. The van der Waals surface area contributed by atoms with Crippen LogP contribution in [-0.2, 0) is 11.4 Å². The number of aldehydes is 1. The van der Waals surface area contributed by atoms with Gasteiger partial charge in [0.25, 0.3) is 0 Å². The predicted octanol–water partition coefficient (Wildman–Crippen LogP) is 3.49. The minimum Gasteiger partial charge on any atom is -0.496 e. The molecule has 0 aromatic heterocycles. The van der Waals surface area contributed by atoms with Crippen molar-refractivity contribution in [1.29, 1.82) is 0 Å². The standard InChI is InChI=1S/C17H16O3/c1-19-16-10-4-3-8-15(16)13-20-17-11-5-2-7-14(17)9-6-12-18/h2-12H,13H2,1H3/b9-6+. The predicted molar refractivity (Wildman–Crippen MR) is 78.9 cm³/mol. The molecule has 0 atom stereocenters. The highest BCUT2D eigenvalue weighted by Crippen LogP contribution is 2.23. The molecule has 3 nitrogen and oxygen atoms in total. The van der Waals surface area contributed by atoms with Gasteiger partial charge in [-0.3, -0.25) is 4.79 Å². The molecule has 3 heteroatoms. The fraction of sp³-hybridized carbons (Fsp3) is 0.118. The number of allylic oxidation sites excluding steroid dienone is 1. The number of hydrogen-bond donors (Lipinski definition) is 0. The van der Waals surface area contributed by atoms with Crippen molar-refractivity contribution in [1.82, 2.24) is 0 Å². The van der Waals surface area contributed by atoms with Gasteiger partial charge in [0.1, 0.15) is 24.4 Å². The number of methoxy groups -OCH3 is 1. The Kier molecular flexibility index (Phi) is 4.95. The minimum atomic E-state index is 0.413. The van der Waals surface area contributed by atoms with Gasteiger partial charge in [0.15, 0.2) is 0 Å². The average Bonchev–Trinajstić information content (AvgIpc) is 2.52. The number of benzene rings is 2. The molecule has 0 N–H and O–H groups in total. The Morgan fingerprint density at radius 3 is 2.45 bits per heavy atom. The van der Waals surface area contributed by atoms with E-state index in [1.165, 1.54) is 6.08 Å². The zero-order chi connectivity index (χ0) is 14.2. The van der Waals surface area contributed by atoms with Crippen molar-refractivity contribution < 1.29 is 14.3 Å². The van der Waals surface area contributed by atoms with E-state index in [9.17, 15) is 4.79 Å². The molecule has 0 unspecified atom stereocenters. The smallest absolute Gasteiger partial charge is 0.142 e. The third kappa shape index (κ3) is 3.48. The van der Waals surface area contributed by atoms with Gasteiger partial charge in [0, 0.05) is 11.1 Å². The molecular weight excluding hydrogens is 252 g/mol. The molecule has 0 amide bonds. The first-order chi connectivity index (χ1) is 9.85. The van der Waals surface area contributed by atoms with Gasteiger partial charge in [-0.25, -0.2) is 0 Å². The molecule has 2 aromatic carbocycles. The van der Waals surface area contributed by atoms with Crippen LogP contribution in [0.1, 0.15) is 11.1 Å². The van der Waals surface area contributed by atoms with E-state index in [-0.39, 0.29) is 0 Å². The summed E-state index contributed by atoms with van der Waals surface area (Å²) >= 11 is 0. The lowest BCUT2D eigenvalue weighted by Gasteiger charge is -2.11. The molecule has 0 spiro atoms. The fourth-order valence-corrected chi connectivity index (χ4v) is 1.87. The van der Waals surface area contributed by atoms with E-state index >= 15 is 0 Å². The van der Waals surface area contributed by atoms with Crippen LogP contribution < -0.4 is 9.47 Å². The lowest BCUT2D eigenvalue weighted by Crippen LogP contribution is -1.99. The van der Waals surface area contributed by atoms with Crippen LogP contribution in [0, 0.1) is 0 Å². The SMILES string of the molecule is COc1ccccc1COc1ccccc1/C=C/C=O. The molecule has 0 radical (unpaired) electrons. The Hall–Kier alpha value is -2.55. The van der Waals surface area contributed by atoms with Crippen LogP contribution in [0.15, 0.2) is 54.6 Å². The van der Waals surface area contributed by atoms with Gasteiger partial charge in [-0.2, -0.15) is 0 Å². The molecule has 0 bridgehead atoms. The highest BCUT2D eigenvalue weighted by molar-refractivity contribution is 5.75. The van der Waals surface area contributed by atoms with E-state index in [2.05, 4.69) is 0 Å². The normalized spacial score (nSPS) is 10.4. The van der Waals surface area contributed by atoms with Crippen molar-refractivity contribution in [3.8, 4) is 11.5 Å². The van der Waals surface area contributed by atoms with Crippen molar-refractivity contribution in [3.05, 3.63) is 65.7 Å². The summed E-state index contributed by atoms with van der Waals surface area (Å²) in [4.78, 5) is 10.4.